The molecule has 0 radical (unpaired) electrons. The van der Waals surface area contributed by atoms with Crippen molar-refractivity contribution in [2.75, 3.05) is 0 Å². The van der Waals surface area contributed by atoms with E-state index in [1.54, 1.807) is 13.0 Å². The monoisotopic (exact) mass is 280 g/mol. The van der Waals surface area contributed by atoms with Gasteiger partial charge in [-0.3, -0.25) is 0 Å². The normalized spacial score (nSPS) is 11.0. The summed E-state index contributed by atoms with van der Waals surface area (Å²) in [4.78, 5) is 0. The molecule has 2 rings (SSSR count). The Morgan fingerprint density at radius 3 is 2.76 bits per heavy atom. The maximum absolute atomic E-state index is 9.08. The van der Waals surface area contributed by atoms with Crippen molar-refractivity contribution in [3.8, 4) is 11.8 Å². The first-order chi connectivity index (χ1) is 10.2. The third-order valence-corrected chi connectivity index (χ3v) is 3.20. The second-order valence-corrected chi connectivity index (χ2v) is 4.74. The minimum atomic E-state index is 0.291. The second kappa shape index (κ2) is 6.58. The highest BCUT2D eigenvalue weighted by atomic mass is 16.5. The molecule has 0 aliphatic carbocycles. The SMILES string of the molecule is CC(=NO)c1ccc(C)cc1OCc1ccccc1C#N. The van der Waals surface area contributed by atoms with Crippen molar-refractivity contribution in [2.24, 2.45) is 5.16 Å². The van der Waals surface area contributed by atoms with Gasteiger partial charge in [0.05, 0.1) is 17.3 Å². The maximum atomic E-state index is 9.08. The van der Waals surface area contributed by atoms with Crippen LogP contribution in [0.15, 0.2) is 47.6 Å². The van der Waals surface area contributed by atoms with E-state index in [2.05, 4.69) is 11.2 Å². The van der Waals surface area contributed by atoms with Gasteiger partial charge in [-0.2, -0.15) is 5.26 Å². The Morgan fingerprint density at radius 2 is 2.05 bits per heavy atom. The fourth-order valence-electron chi connectivity index (χ4n) is 2.01. The zero-order chi connectivity index (χ0) is 15.2. The van der Waals surface area contributed by atoms with Gasteiger partial charge in [-0.25, -0.2) is 0 Å². The van der Waals surface area contributed by atoms with Gasteiger partial charge in [0.2, 0.25) is 0 Å². The Kier molecular flexibility index (Phi) is 4.57. The summed E-state index contributed by atoms with van der Waals surface area (Å²) >= 11 is 0. The van der Waals surface area contributed by atoms with Crippen molar-refractivity contribution in [3.63, 3.8) is 0 Å². The van der Waals surface area contributed by atoms with Crippen LogP contribution >= 0.6 is 0 Å². The molecule has 0 fully saturated rings. The van der Waals surface area contributed by atoms with Gasteiger partial charge in [0.1, 0.15) is 12.4 Å². The fourth-order valence-corrected chi connectivity index (χ4v) is 2.01. The third kappa shape index (κ3) is 3.40. The van der Waals surface area contributed by atoms with Crippen molar-refractivity contribution < 1.29 is 9.94 Å². The molecule has 4 nitrogen and oxygen atoms in total. The number of hydrogen-bond acceptors (Lipinski definition) is 4. The lowest BCUT2D eigenvalue weighted by molar-refractivity contribution is 0.303. The van der Waals surface area contributed by atoms with Crippen molar-refractivity contribution in [2.45, 2.75) is 20.5 Å². The van der Waals surface area contributed by atoms with Crippen molar-refractivity contribution in [1.29, 1.82) is 5.26 Å². The standard InChI is InChI=1S/C17H16N2O2/c1-12-7-8-16(13(2)19-20)17(9-12)21-11-15-6-4-3-5-14(15)10-18/h3-9,20H,11H2,1-2H3. The van der Waals surface area contributed by atoms with Crippen LogP contribution in [0.3, 0.4) is 0 Å². The molecule has 0 aliphatic rings. The minimum absolute atomic E-state index is 0.291. The van der Waals surface area contributed by atoms with Crippen LogP contribution in [-0.4, -0.2) is 10.9 Å². The highest BCUT2D eigenvalue weighted by molar-refractivity contribution is 6.00. The molecule has 0 amide bonds. The van der Waals surface area contributed by atoms with E-state index in [1.165, 1.54) is 0 Å². The molecule has 106 valence electrons. The quantitative estimate of drug-likeness (QED) is 0.528. The molecule has 0 saturated heterocycles. The summed E-state index contributed by atoms with van der Waals surface area (Å²) in [6.45, 7) is 3.96. The Labute approximate surface area is 123 Å². The molecule has 4 heteroatoms. The van der Waals surface area contributed by atoms with Gasteiger partial charge >= 0.3 is 0 Å². The highest BCUT2D eigenvalue weighted by Crippen LogP contribution is 2.23. The first-order valence-corrected chi connectivity index (χ1v) is 6.56. The molecule has 0 atom stereocenters. The van der Waals surface area contributed by atoms with Gasteiger partial charge in [0.15, 0.2) is 0 Å². The fraction of sp³-hybridized carbons (Fsp3) is 0.176. The van der Waals surface area contributed by atoms with Gasteiger partial charge in [0, 0.05) is 11.1 Å². The highest BCUT2D eigenvalue weighted by Gasteiger charge is 2.09. The van der Waals surface area contributed by atoms with Crippen LogP contribution in [0.1, 0.15) is 29.2 Å². The van der Waals surface area contributed by atoms with Crippen molar-refractivity contribution in [3.05, 3.63) is 64.7 Å². The van der Waals surface area contributed by atoms with Gasteiger partial charge < -0.3 is 9.94 Å². The van der Waals surface area contributed by atoms with Crippen LogP contribution in [0.2, 0.25) is 0 Å². The second-order valence-electron chi connectivity index (χ2n) is 4.74. The van der Waals surface area contributed by atoms with Crippen LogP contribution in [0.25, 0.3) is 0 Å². The Morgan fingerprint density at radius 1 is 1.29 bits per heavy atom. The molecule has 1 N–H and O–H groups in total. The molecule has 0 aromatic heterocycles. The lowest BCUT2D eigenvalue weighted by Crippen LogP contribution is -2.04. The van der Waals surface area contributed by atoms with Crippen LogP contribution < -0.4 is 4.74 Å². The molecule has 21 heavy (non-hydrogen) atoms. The summed E-state index contributed by atoms with van der Waals surface area (Å²) in [5.74, 6) is 0.637. The summed E-state index contributed by atoms with van der Waals surface area (Å²) in [6.07, 6.45) is 0. The van der Waals surface area contributed by atoms with Crippen LogP contribution in [0.5, 0.6) is 5.75 Å². The molecule has 0 spiro atoms. The summed E-state index contributed by atoms with van der Waals surface area (Å²) in [7, 11) is 0. The average molecular weight is 280 g/mol. The molecule has 0 heterocycles. The number of aryl methyl sites for hydroxylation is 1. The van der Waals surface area contributed by atoms with E-state index < -0.39 is 0 Å². The zero-order valence-corrected chi connectivity index (χ0v) is 12.0. The molecule has 0 bridgehead atoms. The number of oxime groups is 1. The van der Waals surface area contributed by atoms with Gasteiger partial charge in [-0.05, 0) is 37.6 Å². The number of hydrogen-bond donors (Lipinski definition) is 1. The molecule has 2 aromatic carbocycles. The minimum Gasteiger partial charge on any atom is -0.488 e. The molecular weight excluding hydrogens is 264 g/mol. The summed E-state index contributed by atoms with van der Waals surface area (Å²) in [6, 6.07) is 15.1. The molecule has 0 unspecified atom stereocenters. The number of ether oxygens (including phenoxy) is 1. The summed E-state index contributed by atoms with van der Waals surface area (Å²) in [5, 5.41) is 21.2. The van der Waals surface area contributed by atoms with Crippen LogP contribution in [-0.2, 0) is 6.61 Å². The Balaban J connectivity index is 2.28. The topological polar surface area (TPSA) is 65.6 Å². The summed E-state index contributed by atoms with van der Waals surface area (Å²) in [5.41, 5.74) is 3.69. The number of nitrogens with zero attached hydrogens (tertiary/aromatic N) is 2. The van der Waals surface area contributed by atoms with E-state index >= 15 is 0 Å². The predicted octanol–water partition coefficient (Wildman–Crippen LogP) is 3.64. The maximum Gasteiger partial charge on any atom is 0.129 e. The van der Waals surface area contributed by atoms with E-state index in [9.17, 15) is 0 Å². The smallest absolute Gasteiger partial charge is 0.129 e. The Hall–Kier alpha value is -2.80. The number of rotatable bonds is 4. The van der Waals surface area contributed by atoms with Crippen molar-refractivity contribution in [1.82, 2.24) is 0 Å². The van der Waals surface area contributed by atoms with E-state index in [1.807, 2.05) is 43.3 Å². The number of benzene rings is 2. The van der Waals surface area contributed by atoms with Gasteiger partial charge in [-0.1, -0.05) is 29.4 Å². The van der Waals surface area contributed by atoms with E-state index in [4.69, 9.17) is 15.2 Å². The van der Waals surface area contributed by atoms with E-state index in [0.29, 0.717) is 23.6 Å². The first kappa shape index (κ1) is 14.6. The van der Waals surface area contributed by atoms with E-state index in [0.717, 1.165) is 16.7 Å². The lowest BCUT2D eigenvalue weighted by atomic mass is 10.1. The van der Waals surface area contributed by atoms with Crippen molar-refractivity contribution >= 4 is 5.71 Å². The average Bonchev–Trinajstić information content (AvgIpc) is 2.52. The molecule has 0 saturated carbocycles. The van der Waals surface area contributed by atoms with Crippen LogP contribution in [0.4, 0.5) is 0 Å². The number of nitriles is 1. The zero-order valence-electron chi connectivity index (χ0n) is 12.0. The first-order valence-electron chi connectivity index (χ1n) is 6.56. The van der Waals surface area contributed by atoms with Gasteiger partial charge in [0.25, 0.3) is 0 Å². The molecular formula is C17H16N2O2. The molecule has 2 aromatic rings. The molecule has 0 aliphatic heterocycles. The predicted molar refractivity (Wildman–Crippen MR) is 80.7 cm³/mol. The Bertz CT molecular complexity index is 715. The lowest BCUT2D eigenvalue weighted by Gasteiger charge is -2.12. The van der Waals surface area contributed by atoms with E-state index in [-0.39, 0.29) is 0 Å². The van der Waals surface area contributed by atoms with Gasteiger partial charge in [-0.15, -0.1) is 0 Å². The third-order valence-electron chi connectivity index (χ3n) is 3.20. The van der Waals surface area contributed by atoms with Crippen LogP contribution in [0, 0.1) is 18.3 Å². The largest absolute Gasteiger partial charge is 0.488 e. The summed E-state index contributed by atoms with van der Waals surface area (Å²) < 4.78 is 5.83.